The molecular weight excluding hydrogens is 236 g/mol. The highest BCUT2D eigenvalue weighted by atomic mass is 16.4. The van der Waals surface area contributed by atoms with E-state index in [1.54, 1.807) is 19.3 Å². The lowest BCUT2D eigenvalue weighted by atomic mass is 10.2. The second kappa shape index (κ2) is 6.63. The number of carboxylic acid groups (broad SMARTS) is 1. The van der Waals surface area contributed by atoms with E-state index in [4.69, 9.17) is 5.11 Å². The molecule has 7 nitrogen and oxygen atoms in total. The molecule has 0 saturated heterocycles. The van der Waals surface area contributed by atoms with Crippen molar-refractivity contribution in [3.63, 3.8) is 0 Å². The third-order valence-corrected chi connectivity index (χ3v) is 2.46. The van der Waals surface area contributed by atoms with Crippen LogP contribution < -0.4 is 10.6 Å². The normalized spacial score (nSPS) is 13.7. The van der Waals surface area contributed by atoms with Gasteiger partial charge in [-0.05, 0) is 13.3 Å². The van der Waals surface area contributed by atoms with Gasteiger partial charge in [-0.1, -0.05) is 13.3 Å². The van der Waals surface area contributed by atoms with Crippen LogP contribution >= 0.6 is 0 Å². The van der Waals surface area contributed by atoms with Crippen molar-refractivity contribution in [2.24, 2.45) is 0 Å². The van der Waals surface area contributed by atoms with Crippen molar-refractivity contribution >= 4 is 12.0 Å². The number of urea groups is 1. The van der Waals surface area contributed by atoms with Crippen LogP contribution in [-0.2, 0) is 4.79 Å². The lowest BCUT2D eigenvalue weighted by Crippen LogP contribution is -2.46. The molecule has 1 rings (SSSR count). The summed E-state index contributed by atoms with van der Waals surface area (Å²) in [5.41, 5.74) is 0. The summed E-state index contributed by atoms with van der Waals surface area (Å²) in [6.07, 6.45) is 4.33. The molecule has 0 spiro atoms. The highest BCUT2D eigenvalue weighted by Crippen LogP contribution is 2.05. The number of imidazole rings is 1. The van der Waals surface area contributed by atoms with Crippen LogP contribution in [0.2, 0.25) is 0 Å². The molecule has 18 heavy (non-hydrogen) atoms. The molecule has 0 aromatic carbocycles. The average molecular weight is 254 g/mol. The summed E-state index contributed by atoms with van der Waals surface area (Å²) in [7, 11) is 0. The maximum Gasteiger partial charge on any atom is 0.326 e. The molecule has 1 aromatic heterocycles. The second-order valence-corrected chi connectivity index (χ2v) is 3.99. The van der Waals surface area contributed by atoms with Gasteiger partial charge in [-0.25, -0.2) is 14.6 Å². The number of aromatic nitrogens is 2. The van der Waals surface area contributed by atoms with E-state index >= 15 is 0 Å². The number of carbonyl (C=O) groups is 2. The number of aliphatic carboxylic acids is 1. The van der Waals surface area contributed by atoms with E-state index in [0.29, 0.717) is 18.7 Å². The number of hydrogen-bond acceptors (Lipinski definition) is 3. The van der Waals surface area contributed by atoms with Gasteiger partial charge in [-0.2, -0.15) is 0 Å². The number of rotatable bonds is 6. The fourth-order valence-electron chi connectivity index (χ4n) is 1.53. The number of nitrogens with one attached hydrogen (secondary N) is 3. The summed E-state index contributed by atoms with van der Waals surface area (Å²) in [6, 6.07) is -1.69. The number of H-pyrrole nitrogens is 1. The van der Waals surface area contributed by atoms with Crippen LogP contribution in [0.3, 0.4) is 0 Å². The van der Waals surface area contributed by atoms with E-state index in [2.05, 4.69) is 20.6 Å². The minimum absolute atomic E-state index is 0.309. The van der Waals surface area contributed by atoms with E-state index in [0.717, 1.165) is 0 Å². The third kappa shape index (κ3) is 4.08. The van der Waals surface area contributed by atoms with Crippen molar-refractivity contribution < 1.29 is 14.7 Å². The Morgan fingerprint density at radius 1 is 1.50 bits per heavy atom. The average Bonchev–Trinajstić information content (AvgIpc) is 2.81. The molecule has 4 N–H and O–H groups in total. The monoisotopic (exact) mass is 254 g/mol. The lowest BCUT2D eigenvalue weighted by molar-refractivity contribution is -0.139. The molecule has 1 unspecified atom stereocenters. The van der Waals surface area contributed by atoms with Crippen LogP contribution in [0.1, 0.15) is 38.6 Å². The first-order valence-electron chi connectivity index (χ1n) is 5.83. The fraction of sp³-hybridized carbons (Fsp3) is 0.545. The quantitative estimate of drug-likeness (QED) is 0.608. The first kappa shape index (κ1) is 14.0. The minimum Gasteiger partial charge on any atom is -0.480 e. The molecule has 1 aromatic rings. The van der Waals surface area contributed by atoms with Crippen molar-refractivity contribution in [2.45, 2.75) is 38.8 Å². The molecule has 0 fully saturated rings. The molecule has 0 bridgehead atoms. The zero-order chi connectivity index (χ0) is 13.5. The summed E-state index contributed by atoms with van der Waals surface area (Å²) < 4.78 is 0. The van der Waals surface area contributed by atoms with Gasteiger partial charge in [-0.15, -0.1) is 0 Å². The topological polar surface area (TPSA) is 107 Å². The Morgan fingerprint density at radius 3 is 2.72 bits per heavy atom. The third-order valence-electron chi connectivity index (χ3n) is 2.46. The van der Waals surface area contributed by atoms with E-state index in [-0.39, 0.29) is 6.04 Å². The Morgan fingerprint density at radius 2 is 2.22 bits per heavy atom. The molecule has 2 amide bonds. The van der Waals surface area contributed by atoms with Crippen LogP contribution in [0.4, 0.5) is 4.79 Å². The molecule has 7 heteroatoms. The number of carboxylic acids is 1. The molecule has 2 atom stereocenters. The molecule has 0 aliphatic heterocycles. The molecule has 0 saturated carbocycles. The van der Waals surface area contributed by atoms with Crippen LogP contribution in [0.5, 0.6) is 0 Å². The van der Waals surface area contributed by atoms with Gasteiger partial charge in [-0.3, -0.25) is 0 Å². The SMILES string of the molecule is CCC[C@H](NC(=O)NC(C)c1ncc[nH]1)C(=O)O. The fourth-order valence-corrected chi connectivity index (χ4v) is 1.53. The number of carbonyl (C=O) groups excluding carboxylic acids is 1. The van der Waals surface area contributed by atoms with E-state index in [1.807, 2.05) is 6.92 Å². The highest BCUT2D eigenvalue weighted by molar-refractivity contribution is 5.82. The van der Waals surface area contributed by atoms with Gasteiger partial charge in [0.05, 0.1) is 6.04 Å². The molecule has 0 aliphatic carbocycles. The Hall–Kier alpha value is -2.05. The molecular formula is C11H18N4O3. The maximum atomic E-state index is 11.6. The molecule has 0 aliphatic rings. The zero-order valence-corrected chi connectivity index (χ0v) is 10.4. The Balaban J connectivity index is 2.47. The summed E-state index contributed by atoms with van der Waals surface area (Å²) in [5.74, 6) is -0.412. The first-order chi connectivity index (χ1) is 8.54. The van der Waals surface area contributed by atoms with Gasteiger partial charge in [0.1, 0.15) is 11.9 Å². The van der Waals surface area contributed by atoms with Crippen molar-refractivity contribution in [1.82, 2.24) is 20.6 Å². The van der Waals surface area contributed by atoms with Gasteiger partial charge in [0.25, 0.3) is 0 Å². The van der Waals surface area contributed by atoms with Crippen molar-refractivity contribution in [1.29, 1.82) is 0 Å². The van der Waals surface area contributed by atoms with E-state index in [1.165, 1.54) is 0 Å². The molecule has 100 valence electrons. The zero-order valence-electron chi connectivity index (χ0n) is 10.4. The van der Waals surface area contributed by atoms with E-state index < -0.39 is 18.0 Å². The Labute approximate surface area is 105 Å². The number of amides is 2. The predicted molar refractivity (Wildman–Crippen MR) is 65.0 cm³/mol. The van der Waals surface area contributed by atoms with Crippen LogP contribution in [0.15, 0.2) is 12.4 Å². The van der Waals surface area contributed by atoms with Gasteiger partial charge in [0, 0.05) is 12.4 Å². The van der Waals surface area contributed by atoms with Gasteiger partial charge in [0.15, 0.2) is 0 Å². The second-order valence-electron chi connectivity index (χ2n) is 3.99. The first-order valence-corrected chi connectivity index (χ1v) is 5.83. The lowest BCUT2D eigenvalue weighted by Gasteiger charge is -2.16. The largest absolute Gasteiger partial charge is 0.480 e. The summed E-state index contributed by atoms with van der Waals surface area (Å²) in [5, 5.41) is 13.9. The van der Waals surface area contributed by atoms with Crippen molar-refractivity contribution in [2.75, 3.05) is 0 Å². The predicted octanol–water partition coefficient (Wildman–Crippen LogP) is 1.02. The minimum atomic E-state index is -1.03. The van der Waals surface area contributed by atoms with Gasteiger partial charge in [0.2, 0.25) is 0 Å². The van der Waals surface area contributed by atoms with Gasteiger partial charge < -0.3 is 20.7 Å². The Bertz CT molecular complexity index is 391. The number of hydrogen-bond donors (Lipinski definition) is 4. The summed E-state index contributed by atoms with van der Waals surface area (Å²) in [6.45, 7) is 3.62. The van der Waals surface area contributed by atoms with Crippen LogP contribution in [0, 0.1) is 0 Å². The molecule has 0 radical (unpaired) electrons. The maximum absolute atomic E-state index is 11.6. The highest BCUT2D eigenvalue weighted by Gasteiger charge is 2.20. The van der Waals surface area contributed by atoms with E-state index in [9.17, 15) is 9.59 Å². The van der Waals surface area contributed by atoms with Crippen molar-refractivity contribution in [3.05, 3.63) is 18.2 Å². The Kier molecular flexibility index (Phi) is 5.16. The van der Waals surface area contributed by atoms with Crippen LogP contribution in [-0.4, -0.2) is 33.1 Å². The number of aromatic amines is 1. The smallest absolute Gasteiger partial charge is 0.326 e. The summed E-state index contributed by atoms with van der Waals surface area (Å²) >= 11 is 0. The number of nitrogens with zero attached hydrogens (tertiary/aromatic N) is 1. The standard InChI is InChI=1S/C11H18N4O3/c1-3-4-8(10(16)17)15-11(18)14-7(2)9-12-5-6-13-9/h5-8H,3-4H2,1-2H3,(H,12,13)(H,16,17)(H2,14,15,18)/t7?,8-/m0/s1. The van der Waals surface area contributed by atoms with Crippen LogP contribution in [0.25, 0.3) is 0 Å². The summed E-state index contributed by atoms with van der Waals surface area (Å²) in [4.78, 5) is 29.4. The molecule has 1 heterocycles. The van der Waals surface area contributed by atoms with Gasteiger partial charge >= 0.3 is 12.0 Å². The van der Waals surface area contributed by atoms with Crippen molar-refractivity contribution in [3.8, 4) is 0 Å².